The van der Waals surface area contributed by atoms with E-state index in [0.717, 1.165) is 47.0 Å². The third kappa shape index (κ3) is 3.22. The van der Waals surface area contributed by atoms with Crippen LogP contribution in [0.15, 0.2) is 48.7 Å². The second-order valence-corrected chi connectivity index (χ2v) is 7.15. The molecule has 5 rings (SSSR count). The number of imidazole rings is 1. The number of para-hydroxylation sites is 1. The molecule has 2 aliphatic heterocycles. The van der Waals surface area contributed by atoms with E-state index >= 15 is 0 Å². The zero-order valence-corrected chi connectivity index (χ0v) is 15.5. The average Bonchev–Trinajstić information content (AvgIpc) is 3.34. The van der Waals surface area contributed by atoms with E-state index in [0.29, 0.717) is 5.75 Å². The van der Waals surface area contributed by atoms with E-state index in [1.807, 2.05) is 42.5 Å². The Morgan fingerprint density at radius 2 is 2.00 bits per heavy atom. The fourth-order valence-corrected chi connectivity index (χ4v) is 3.79. The molecule has 0 saturated heterocycles. The minimum Gasteiger partial charge on any atom is -0.454 e. The maximum Gasteiger partial charge on any atom is 0.231 e. The summed E-state index contributed by atoms with van der Waals surface area (Å²) >= 11 is 0. The largest absolute Gasteiger partial charge is 0.454 e. The van der Waals surface area contributed by atoms with E-state index in [1.165, 1.54) is 12.8 Å². The SMILES string of the molecule is O=C(Cc1ccc2c(c1)OCO2)Nc1ccccc1-c1cn2c(n1)CCCC2. The monoisotopic (exact) mass is 375 g/mol. The van der Waals surface area contributed by atoms with E-state index in [4.69, 9.17) is 14.5 Å². The predicted molar refractivity (Wildman–Crippen MR) is 105 cm³/mol. The molecular weight excluding hydrogens is 354 g/mol. The van der Waals surface area contributed by atoms with Gasteiger partial charge in [0.25, 0.3) is 0 Å². The number of aryl methyl sites for hydroxylation is 2. The highest BCUT2D eigenvalue weighted by Crippen LogP contribution is 2.33. The van der Waals surface area contributed by atoms with Crippen molar-refractivity contribution >= 4 is 11.6 Å². The number of carbonyl (C=O) groups excluding carboxylic acids is 1. The van der Waals surface area contributed by atoms with Crippen molar-refractivity contribution in [2.45, 2.75) is 32.2 Å². The molecule has 0 bridgehead atoms. The Hall–Kier alpha value is -3.28. The maximum absolute atomic E-state index is 12.7. The lowest BCUT2D eigenvalue weighted by Gasteiger charge is -2.11. The number of nitrogens with zero attached hydrogens (tertiary/aromatic N) is 2. The summed E-state index contributed by atoms with van der Waals surface area (Å²) < 4.78 is 12.9. The molecule has 0 saturated carbocycles. The van der Waals surface area contributed by atoms with Crippen LogP contribution in [0.5, 0.6) is 11.5 Å². The molecular formula is C22H21N3O3. The number of rotatable bonds is 4. The molecule has 0 fully saturated rings. The van der Waals surface area contributed by atoms with Crippen molar-refractivity contribution in [2.24, 2.45) is 0 Å². The molecule has 6 nitrogen and oxygen atoms in total. The summed E-state index contributed by atoms with van der Waals surface area (Å²) in [6.45, 7) is 1.24. The van der Waals surface area contributed by atoms with Gasteiger partial charge in [-0.25, -0.2) is 4.98 Å². The Morgan fingerprint density at radius 1 is 1.11 bits per heavy atom. The molecule has 0 unspecified atom stereocenters. The summed E-state index contributed by atoms with van der Waals surface area (Å²) in [4.78, 5) is 17.4. The summed E-state index contributed by atoms with van der Waals surface area (Å²) in [5.41, 5.74) is 3.53. The van der Waals surface area contributed by atoms with E-state index in [-0.39, 0.29) is 19.1 Å². The normalized spacial score (nSPS) is 14.6. The highest BCUT2D eigenvalue weighted by atomic mass is 16.7. The number of carbonyl (C=O) groups is 1. The fourth-order valence-electron chi connectivity index (χ4n) is 3.79. The number of hydrogen-bond acceptors (Lipinski definition) is 4. The molecule has 0 aliphatic carbocycles. The van der Waals surface area contributed by atoms with E-state index in [2.05, 4.69) is 16.1 Å². The van der Waals surface area contributed by atoms with Gasteiger partial charge in [0.05, 0.1) is 17.8 Å². The minimum absolute atomic E-state index is 0.0738. The molecule has 2 aliphatic rings. The van der Waals surface area contributed by atoms with Crippen LogP contribution in [-0.2, 0) is 24.2 Å². The Morgan fingerprint density at radius 3 is 2.93 bits per heavy atom. The van der Waals surface area contributed by atoms with Crippen LogP contribution in [0.4, 0.5) is 5.69 Å². The zero-order valence-electron chi connectivity index (χ0n) is 15.5. The molecule has 2 aromatic carbocycles. The van der Waals surface area contributed by atoms with Crippen molar-refractivity contribution in [3.05, 3.63) is 60.0 Å². The number of amides is 1. The third-order valence-electron chi connectivity index (χ3n) is 5.19. The van der Waals surface area contributed by atoms with Crippen LogP contribution in [0, 0.1) is 0 Å². The van der Waals surface area contributed by atoms with Crippen LogP contribution >= 0.6 is 0 Å². The molecule has 6 heteroatoms. The van der Waals surface area contributed by atoms with Crippen LogP contribution in [0.3, 0.4) is 0 Å². The van der Waals surface area contributed by atoms with Gasteiger partial charge < -0.3 is 19.4 Å². The number of ether oxygens (including phenoxy) is 2. The molecule has 1 amide bonds. The van der Waals surface area contributed by atoms with Crippen LogP contribution < -0.4 is 14.8 Å². The van der Waals surface area contributed by atoms with Gasteiger partial charge in [0, 0.05) is 24.7 Å². The average molecular weight is 375 g/mol. The van der Waals surface area contributed by atoms with Crippen molar-refractivity contribution in [2.75, 3.05) is 12.1 Å². The molecule has 3 heterocycles. The Bertz CT molecular complexity index is 1020. The molecule has 142 valence electrons. The highest BCUT2D eigenvalue weighted by Gasteiger charge is 2.17. The first-order valence-electron chi connectivity index (χ1n) is 9.60. The molecule has 1 aromatic heterocycles. The van der Waals surface area contributed by atoms with Gasteiger partial charge in [-0.3, -0.25) is 4.79 Å². The first kappa shape index (κ1) is 16.9. The van der Waals surface area contributed by atoms with Crippen LogP contribution in [0.25, 0.3) is 11.3 Å². The van der Waals surface area contributed by atoms with Gasteiger partial charge in [0.15, 0.2) is 11.5 Å². The lowest BCUT2D eigenvalue weighted by molar-refractivity contribution is -0.115. The van der Waals surface area contributed by atoms with Crippen LogP contribution in [-0.4, -0.2) is 22.3 Å². The van der Waals surface area contributed by atoms with Crippen molar-refractivity contribution in [1.29, 1.82) is 0 Å². The Balaban J connectivity index is 1.35. The number of anilines is 1. The quantitative estimate of drug-likeness (QED) is 0.753. The minimum atomic E-state index is -0.0738. The number of nitrogens with one attached hydrogen (secondary N) is 1. The first-order valence-corrected chi connectivity index (χ1v) is 9.60. The summed E-state index contributed by atoms with van der Waals surface area (Å²) in [5.74, 6) is 2.46. The number of benzene rings is 2. The van der Waals surface area contributed by atoms with Gasteiger partial charge in [-0.2, -0.15) is 0 Å². The molecule has 3 aromatic rings. The topological polar surface area (TPSA) is 65.4 Å². The van der Waals surface area contributed by atoms with Gasteiger partial charge in [-0.1, -0.05) is 24.3 Å². The molecule has 0 radical (unpaired) electrons. The van der Waals surface area contributed by atoms with Crippen LogP contribution in [0.1, 0.15) is 24.2 Å². The summed E-state index contributed by atoms with van der Waals surface area (Å²) in [6.07, 6.45) is 5.75. The standard InChI is InChI=1S/C22H21N3O3/c26-22(12-15-8-9-19-20(11-15)28-14-27-19)24-17-6-2-1-5-16(17)18-13-25-10-4-3-7-21(25)23-18/h1-2,5-6,8-9,11,13H,3-4,7,10,12,14H2,(H,24,26). The van der Waals surface area contributed by atoms with Crippen molar-refractivity contribution in [3.8, 4) is 22.8 Å². The maximum atomic E-state index is 12.7. The lowest BCUT2D eigenvalue weighted by Crippen LogP contribution is -2.15. The van der Waals surface area contributed by atoms with E-state index < -0.39 is 0 Å². The van der Waals surface area contributed by atoms with E-state index in [9.17, 15) is 4.79 Å². The Labute approximate surface area is 163 Å². The molecule has 28 heavy (non-hydrogen) atoms. The number of hydrogen-bond donors (Lipinski definition) is 1. The van der Waals surface area contributed by atoms with Gasteiger partial charge >= 0.3 is 0 Å². The second-order valence-electron chi connectivity index (χ2n) is 7.15. The zero-order chi connectivity index (χ0) is 18.9. The number of fused-ring (bicyclic) bond motifs is 2. The summed E-state index contributed by atoms with van der Waals surface area (Å²) in [7, 11) is 0. The lowest BCUT2D eigenvalue weighted by atomic mass is 10.1. The number of aromatic nitrogens is 2. The summed E-state index contributed by atoms with van der Waals surface area (Å²) in [6, 6.07) is 13.4. The smallest absolute Gasteiger partial charge is 0.231 e. The van der Waals surface area contributed by atoms with Gasteiger partial charge in [-0.15, -0.1) is 0 Å². The van der Waals surface area contributed by atoms with E-state index in [1.54, 1.807) is 0 Å². The fraction of sp³-hybridized carbons (Fsp3) is 0.273. The third-order valence-corrected chi connectivity index (χ3v) is 5.19. The van der Waals surface area contributed by atoms with Gasteiger partial charge in [0.2, 0.25) is 12.7 Å². The highest BCUT2D eigenvalue weighted by molar-refractivity contribution is 5.96. The Kier molecular flexibility index (Phi) is 4.24. The van der Waals surface area contributed by atoms with Crippen molar-refractivity contribution in [1.82, 2.24) is 9.55 Å². The van der Waals surface area contributed by atoms with Crippen molar-refractivity contribution < 1.29 is 14.3 Å². The van der Waals surface area contributed by atoms with Crippen molar-refractivity contribution in [3.63, 3.8) is 0 Å². The van der Waals surface area contributed by atoms with Crippen LogP contribution in [0.2, 0.25) is 0 Å². The first-order chi connectivity index (χ1) is 13.8. The second kappa shape index (κ2) is 7.03. The van der Waals surface area contributed by atoms with Gasteiger partial charge in [-0.05, 0) is 36.6 Å². The molecule has 0 atom stereocenters. The summed E-state index contributed by atoms with van der Waals surface area (Å²) in [5, 5.41) is 3.05. The van der Waals surface area contributed by atoms with Gasteiger partial charge in [0.1, 0.15) is 5.82 Å². The molecule has 1 N–H and O–H groups in total. The predicted octanol–water partition coefficient (Wildman–Crippen LogP) is 3.80. The molecule has 0 spiro atoms.